The highest BCUT2D eigenvalue weighted by atomic mass is 35.5. The largest absolute Gasteiger partial charge is 0.416 e. The van der Waals surface area contributed by atoms with Gasteiger partial charge >= 0.3 is 6.18 Å². The minimum Gasteiger partial charge on any atom is -0.389 e. The van der Waals surface area contributed by atoms with Crippen LogP contribution in [-0.2, 0) is 10.9 Å². The molecule has 0 aliphatic rings. The fraction of sp³-hybridized carbons (Fsp3) is 0.571. The molecule has 1 rings (SSSR count). The molecule has 0 fully saturated rings. The summed E-state index contributed by atoms with van der Waals surface area (Å²) in [5, 5.41) is 12.4. The minimum absolute atomic E-state index is 0.0416. The second-order valence-electron chi connectivity index (χ2n) is 5.16. The number of rotatable bonds is 7. The van der Waals surface area contributed by atoms with Gasteiger partial charge in [0, 0.05) is 13.2 Å². The van der Waals surface area contributed by atoms with Gasteiger partial charge in [-0.2, -0.15) is 13.2 Å². The highest BCUT2D eigenvalue weighted by molar-refractivity contribution is 6.33. The summed E-state index contributed by atoms with van der Waals surface area (Å²) in [7, 11) is 0. The normalized spacial score (nSPS) is 13.5. The van der Waals surface area contributed by atoms with Gasteiger partial charge in [-0.15, -0.1) is 0 Å². The number of alkyl halides is 3. The number of aliphatic hydroxyl groups is 1. The molecule has 0 heterocycles. The molecule has 1 aromatic rings. The monoisotopic (exact) mass is 325 g/mol. The lowest BCUT2D eigenvalue weighted by Gasteiger charge is -2.16. The summed E-state index contributed by atoms with van der Waals surface area (Å²) in [6.45, 7) is 4.82. The Morgan fingerprint density at radius 3 is 2.48 bits per heavy atom. The van der Waals surface area contributed by atoms with Crippen LogP contribution in [0.1, 0.15) is 19.4 Å². The molecule has 0 saturated heterocycles. The van der Waals surface area contributed by atoms with Crippen molar-refractivity contribution in [1.82, 2.24) is 0 Å². The van der Waals surface area contributed by atoms with Gasteiger partial charge in [0.05, 0.1) is 29.0 Å². The third-order valence-corrected chi connectivity index (χ3v) is 2.90. The topological polar surface area (TPSA) is 41.5 Å². The van der Waals surface area contributed by atoms with Crippen molar-refractivity contribution < 1.29 is 23.0 Å². The molecular weight excluding hydrogens is 307 g/mol. The van der Waals surface area contributed by atoms with Gasteiger partial charge in [-0.1, -0.05) is 25.4 Å². The van der Waals surface area contributed by atoms with Crippen LogP contribution in [0.15, 0.2) is 18.2 Å². The molecule has 0 aliphatic carbocycles. The Kier molecular flexibility index (Phi) is 6.77. The molecule has 3 nitrogen and oxygen atoms in total. The van der Waals surface area contributed by atoms with E-state index in [-0.39, 0.29) is 18.2 Å². The maximum atomic E-state index is 12.5. The van der Waals surface area contributed by atoms with E-state index in [1.165, 1.54) is 6.07 Å². The van der Waals surface area contributed by atoms with Crippen molar-refractivity contribution in [3.63, 3.8) is 0 Å². The number of hydrogen-bond acceptors (Lipinski definition) is 3. The zero-order valence-corrected chi connectivity index (χ0v) is 12.6. The Balaban J connectivity index is 2.49. The molecule has 21 heavy (non-hydrogen) atoms. The van der Waals surface area contributed by atoms with Gasteiger partial charge in [-0.05, 0) is 24.1 Å². The summed E-state index contributed by atoms with van der Waals surface area (Å²) in [6.07, 6.45) is -5.19. The number of nitrogens with one attached hydrogen (secondary N) is 1. The molecule has 2 N–H and O–H groups in total. The van der Waals surface area contributed by atoms with Crippen LogP contribution < -0.4 is 5.32 Å². The second-order valence-corrected chi connectivity index (χ2v) is 5.57. The van der Waals surface area contributed by atoms with Crippen LogP contribution in [0.2, 0.25) is 5.02 Å². The standard InChI is InChI=1S/C14H19ClF3NO2/c1-9(2)7-21-8-11(20)6-19-13-4-3-10(5-12(13)15)14(16,17)18/h3-5,9,11,19-20H,6-8H2,1-2H3. The van der Waals surface area contributed by atoms with E-state index < -0.39 is 17.8 Å². The Morgan fingerprint density at radius 1 is 1.29 bits per heavy atom. The molecule has 0 bridgehead atoms. The average Bonchev–Trinajstić information content (AvgIpc) is 2.35. The van der Waals surface area contributed by atoms with E-state index in [1.807, 2.05) is 13.8 Å². The zero-order valence-electron chi connectivity index (χ0n) is 11.9. The fourth-order valence-corrected chi connectivity index (χ4v) is 1.81. The van der Waals surface area contributed by atoms with Crippen LogP contribution in [0.4, 0.5) is 18.9 Å². The van der Waals surface area contributed by atoms with Gasteiger partial charge < -0.3 is 15.2 Å². The van der Waals surface area contributed by atoms with Crippen LogP contribution in [0.25, 0.3) is 0 Å². The number of hydrogen-bond donors (Lipinski definition) is 2. The van der Waals surface area contributed by atoms with Crippen molar-refractivity contribution in [1.29, 1.82) is 0 Å². The Bertz CT molecular complexity index is 452. The summed E-state index contributed by atoms with van der Waals surface area (Å²) in [5.74, 6) is 0.370. The lowest BCUT2D eigenvalue weighted by Crippen LogP contribution is -2.25. The predicted octanol–water partition coefficient (Wildman–Crippen LogP) is 3.80. The van der Waals surface area contributed by atoms with Crippen molar-refractivity contribution in [3.8, 4) is 0 Å². The Labute approximate surface area is 127 Å². The van der Waals surface area contributed by atoms with Crippen molar-refractivity contribution in [3.05, 3.63) is 28.8 Å². The van der Waals surface area contributed by atoms with Crippen molar-refractivity contribution in [2.75, 3.05) is 25.1 Å². The van der Waals surface area contributed by atoms with E-state index in [0.717, 1.165) is 12.1 Å². The first-order valence-corrected chi connectivity index (χ1v) is 6.94. The maximum absolute atomic E-state index is 12.5. The van der Waals surface area contributed by atoms with Gasteiger partial charge in [0.1, 0.15) is 0 Å². The third-order valence-electron chi connectivity index (χ3n) is 2.59. The molecular formula is C14H19ClF3NO2. The van der Waals surface area contributed by atoms with Crippen LogP contribution >= 0.6 is 11.6 Å². The lowest BCUT2D eigenvalue weighted by molar-refractivity contribution is -0.137. The SMILES string of the molecule is CC(C)COCC(O)CNc1ccc(C(F)(F)F)cc1Cl. The van der Waals surface area contributed by atoms with Gasteiger partial charge in [-0.3, -0.25) is 0 Å². The van der Waals surface area contributed by atoms with Crippen molar-refractivity contribution >= 4 is 17.3 Å². The van der Waals surface area contributed by atoms with Crippen molar-refractivity contribution in [2.45, 2.75) is 26.1 Å². The second kappa shape index (κ2) is 7.87. The van der Waals surface area contributed by atoms with Crippen LogP contribution in [0.5, 0.6) is 0 Å². The molecule has 1 aromatic carbocycles. The van der Waals surface area contributed by atoms with E-state index >= 15 is 0 Å². The maximum Gasteiger partial charge on any atom is 0.416 e. The van der Waals surface area contributed by atoms with Crippen molar-refractivity contribution in [2.24, 2.45) is 5.92 Å². The number of halogens is 4. The average molecular weight is 326 g/mol. The highest BCUT2D eigenvalue weighted by Gasteiger charge is 2.30. The summed E-state index contributed by atoms with van der Waals surface area (Å²) in [5.41, 5.74) is -0.466. The first kappa shape index (κ1) is 18.1. The van der Waals surface area contributed by atoms with Gasteiger partial charge in [-0.25, -0.2) is 0 Å². The molecule has 0 amide bonds. The molecule has 1 atom stereocenters. The van der Waals surface area contributed by atoms with E-state index in [0.29, 0.717) is 18.2 Å². The first-order valence-electron chi connectivity index (χ1n) is 6.56. The van der Waals surface area contributed by atoms with E-state index in [4.69, 9.17) is 16.3 Å². The number of benzene rings is 1. The molecule has 1 unspecified atom stereocenters. The third kappa shape index (κ3) is 6.54. The summed E-state index contributed by atoms with van der Waals surface area (Å²) >= 11 is 5.79. The predicted molar refractivity (Wildman–Crippen MR) is 76.6 cm³/mol. The minimum atomic E-state index is -4.42. The van der Waals surface area contributed by atoms with E-state index in [9.17, 15) is 18.3 Å². The number of aliphatic hydroxyl groups excluding tert-OH is 1. The Hall–Kier alpha value is -0.980. The van der Waals surface area contributed by atoms with Gasteiger partial charge in [0.25, 0.3) is 0 Å². The zero-order chi connectivity index (χ0) is 16.0. The summed E-state index contributed by atoms with van der Waals surface area (Å²) in [6, 6.07) is 3.04. The first-order chi connectivity index (χ1) is 9.70. The number of anilines is 1. The fourth-order valence-electron chi connectivity index (χ4n) is 1.56. The van der Waals surface area contributed by atoms with Crippen LogP contribution in [0, 0.1) is 5.92 Å². The summed E-state index contributed by atoms with van der Waals surface area (Å²) in [4.78, 5) is 0. The molecule has 0 saturated carbocycles. The van der Waals surface area contributed by atoms with Crippen LogP contribution in [0.3, 0.4) is 0 Å². The quantitative estimate of drug-likeness (QED) is 0.801. The molecule has 7 heteroatoms. The summed E-state index contributed by atoms with van der Waals surface area (Å²) < 4.78 is 42.7. The molecule has 0 aliphatic heterocycles. The number of ether oxygens (including phenoxy) is 1. The van der Waals surface area contributed by atoms with Gasteiger partial charge in [0.15, 0.2) is 0 Å². The molecule has 0 radical (unpaired) electrons. The highest BCUT2D eigenvalue weighted by Crippen LogP contribution is 2.33. The smallest absolute Gasteiger partial charge is 0.389 e. The molecule has 0 spiro atoms. The lowest BCUT2D eigenvalue weighted by atomic mass is 10.2. The van der Waals surface area contributed by atoms with E-state index in [2.05, 4.69) is 5.32 Å². The van der Waals surface area contributed by atoms with E-state index in [1.54, 1.807) is 0 Å². The van der Waals surface area contributed by atoms with Gasteiger partial charge in [0.2, 0.25) is 0 Å². The Morgan fingerprint density at radius 2 is 1.95 bits per heavy atom. The molecule has 0 aromatic heterocycles. The van der Waals surface area contributed by atoms with Crippen LogP contribution in [-0.4, -0.2) is 31.0 Å². The molecule has 120 valence electrons.